The number of ether oxygens (including phenoxy) is 4. The Bertz CT molecular complexity index is 374. The minimum absolute atomic E-state index is 0.434. The number of rotatable bonds is 3. The Morgan fingerprint density at radius 3 is 2.44 bits per heavy atom. The monoisotopic (exact) mass is 244 g/mol. The average molecular weight is 245 g/mol. The second-order valence-electron chi connectivity index (χ2n) is 3.31. The van der Waals surface area contributed by atoms with Gasteiger partial charge in [-0.3, -0.25) is 0 Å². The lowest BCUT2D eigenvalue weighted by Crippen LogP contribution is -2.01. The molecule has 1 aliphatic heterocycles. The van der Waals surface area contributed by atoms with Crippen molar-refractivity contribution < 1.29 is 18.9 Å². The van der Waals surface area contributed by atoms with Gasteiger partial charge >= 0.3 is 0 Å². The van der Waals surface area contributed by atoms with Crippen molar-refractivity contribution in [1.29, 1.82) is 0 Å². The maximum Gasteiger partial charge on any atom is 0.185 e. The first kappa shape index (κ1) is 11.5. The third-order valence-electron chi connectivity index (χ3n) is 2.37. The molecule has 2 rings (SSSR count). The Morgan fingerprint density at radius 1 is 1.19 bits per heavy atom. The van der Waals surface area contributed by atoms with Crippen molar-refractivity contribution in [3.63, 3.8) is 0 Å². The van der Waals surface area contributed by atoms with Crippen LogP contribution in [0.1, 0.15) is 11.9 Å². The van der Waals surface area contributed by atoms with Gasteiger partial charge in [0.15, 0.2) is 6.29 Å². The lowest BCUT2D eigenvalue weighted by molar-refractivity contribution is -0.0442. The summed E-state index contributed by atoms with van der Waals surface area (Å²) in [6, 6.07) is 3.52. The minimum atomic E-state index is -0.434. The van der Waals surface area contributed by atoms with Gasteiger partial charge in [0, 0.05) is 11.6 Å². The fraction of sp³-hybridized carbons (Fsp3) is 0.455. The lowest BCUT2D eigenvalue weighted by atomic mass is 10.2. The van der Waals surface area contributed by atoms with Gasteiger partial charge in [-0.1, -0.05) is 11.6 Å². The summed E-state index contributed by atoms with van der Waals surface area (Å²) in [5.41, 5.74) is 0.732. The lowest BCUT2D eigenvalue weighted by Gasteiger charge is -2.15. The molecule has 0 unspecified atom stereocenters. The van der Waals surface area contributed by atoms with Gasteiger partial charge in [0.2, 0.25) is 0 Å². The first-order chi connectivity index (χ1) is 7.76. The molecule has 1 heterocycles. The van der Waals surface area contributed by atoms with E-state index in [1.807, 2.05) is 0 Å². The number of hydrogen-bond acceptors (Lipinski definition) is 4. The predicted octanol–water partition coefficient (Wildman–Crippen LogP) is 2.40. The van der Waals surface area contributed by atoms with Gasteiger partial charge < -0.3 is 18.9 Å². The molecular weight excluding hydrogens is 232 g/mol. The van der Waals surface area contributed by atoms with Gasteiger partial charge in [-0.15, -0.1) is 0 Å². The van der Waals surface area contributed by atoms with E-state index in [0.29, 0.717) is 29.7 Å². The molecule has 4 nitrogen and oxygen atoms in total. The molecule has 0 amide bonds. The van der Waals surface area contributed by atoms with Crippen molar-refractivity contribution in [1.82, 2.24) is 0 Å². The van der Waals surface area contributed by atoms with Gasteiger partial charge in [-0.2, -0.15) is 0 Å². The second-order valence-corrected chi connectivity index (χ2v) is 3.68. The standard InChI is InChI=1S/C11H13ClO4/c1-13-7-5-8(11-15-3-4-16-11)10(12)9(6-7)14-2/h5-6,11H,3-4H2,1-2H3. The quantitative estimate of drug-likeness (QED) is 0.818. The summed E-state index contributed by atoms with van der Waals surface area (Å²) in [4.78, 5) is 0. The molecule has 1 fully saturated rings. The molecular formula is C11H13ClO4. The van der Waals surface area contributed by atoms with Gasteiger partial charge in [-0.05, 0) is 6.07 Å². The number of methoxy groups -OCH3 is 2. The highest BCUT2D eigenvalue weighted by Gasteiger charge is 2.23. The predicted molar refractivity (Wildman–Crippen MR) is 59.2 cm³/mol. The van der Waals surface area contributed by atoms with Crippen molar-refractivity contribution in [3.05, 3.63) is 22.7 Å². The van der Waals surface area contributed by atoms with Crippen LogP contribution in [0.5, 0.6) is 11.5 Å². The van der Waals surface area contributed by atoms with Crippen molar-refractivity contribution in [3.8, 4) is 11.5 Å². The summed E-state index contributed by atoms with van der Waals surface area (Å²) in [6.45, 7) is 1.14. The van der Waals surface area contributed by atoms with Crippen LogP contribution in [0, 0.1) is 0 Å². The molecule has 1 aromatic rings. The molecule has 88 valence electrons. The zero-order chi connectivity index (χ0) is 11.5. The zero-order valence-electron chi connectivity index (χ0n) is 9.16. The average Bonchev–Trinajstić information content (AvgIpc) is 2.83. The summed E-state index contributed by atoms with van der Waals surface area (Å²) >= 11 is 6.18. The number of benzene rings is 1. The van der Waals surface area contributed by atoms with Crippen molar-refractivity contribution in [2.75, 3.05) is 27.4 Å². The highest BCUT2D eigenvalue weighted by atomic mass is 35.5. The van der Waals surface area contributed by atoms with Crippen LogP contribution in [0.4, 0.5) is 0 Å². The topological polar surface area (TPSA) is 36.9 Å². The van der Waals surface area contributed by atoms with E-state index in [2.05, 4.69) is 0 Å². The molecule has 1 saturated heterocycles. The molecule has 0 atom stereocenters. The van der Waals surface area contributed by atoms with E-state index in [1.54, 1.807) is 26.4 Å². The SMILES string of the molecule is COc1cc(OC)c(Cl)c(C2OCCO2)c1. The molecule has 0 aromatic heterocycles. The Kier molecular flexibility index (Phi) is 3.53. The minimum Gasteiger partial charge on any atom is -0.497 e. The highest BCUT2D eigenvalue weighted by molar-refractivity contribution is 6.33. The molecule has 0 bridgehead atoms. The largest absolute Gasteiger partial charge is 0.497 e. The van der Waals surface area contributed by atoms with Crippen LogP contribution in [0.2, 0.25) is 5.02 Å². The Balaban J connectivity index is 2.41. The third kappa shape index (κ3) is 2.09. The summed E-state index contributed by atoms with van der Waals surface area (Å²) in [5.74, 6) is 1.21. The van der Waals surface area contributed by atoms with E-state index in [4.69, 9.17) is 30.5 Å². The second kappa shape index (κ2) is 4.91. The molecule has 0 N–H and O–H groups in total. The highest BCUT2D eigenvalue weighted by Crippen LogP contribution is 2.38. The zero-order valence-corrected chi connectivity index (χ0v) is 9.91. The van der Waals surface area contributed by atoms with E-state index < -0.39 is 6.29 Å². The van der Waals surface area contributed by atoms with Crippen molar-refractivity contribution >= 4 is 11.6 Å². The Labute approximate surface area is 99.0 Å². The first-order valence-electron chi connectivity index (χ1n) is 4.91. The maximum atomic E-state index is 6.18. The summed E-state index contributed by atoms with van der Waals surface area (Å²) in [5, 5.41) is 0.496. The van der Waals surface area contributed by atoms with Gasteiger partial charge in [0.25, 0.3) is 0 Å². The van der Waals surface area contributed by atoms with Gasteiger partial charge in [0.05, 0.1) is 32.5 Å². The summed E-state index contributed by atoms with van der Waals surface area (Å²) < 4.78 is 21.1. The molecule has 0 spiro atoms. The van der Waals surface area contributed by atoms with E-state index in [9.17, 15) is 0 Å². The normalized spacial score (nSPS) is 16.4. The third-order valence-corrected chi connectivity index (χ3v) is 2.78. The van der Waals surface area contributed by atoms with E-state index in [1.165, 1.54) is 0 Å². The summed E-state index contributed by atoms with van der Waals surface area (Å²) in [7, 11) is 3.14. The molecule has 16 heavy (non-hydrogen) atoms. The van der Waals surface area contributed by atoms with E-state index in [0.717, 1.165) is 5.56 Å². The van der Waals surface area contributed by atoms with Crippen LogP contribution in [0.15, 0.2) is 12.1 Å². The molecule has 1 aliphatic rings. The van der Waals surface area contributed by atoms with Gasteiger partial charge in [0.1, 0.15) is 11.5 Å². The Morgan fingerprint density at radius 2 is 1.88 bits per heavy atom. The summed E-state index contributed by atoms with van der Waals surface area (Å²) in [6.07, 6.45) is -0.434. The fourth-order valence-corrected chi connectivity index (χ4v) is 1.84. The molecule has 5 heteroatoms. The maximum absolute atomic E-state index is 6.18. The number of hydrogen-bond donors (Lipinski definition) is 0. The molecule has 1 aromatic carbocycles. The van der Waals surface area contributed by atoms with Crippen molar-refractivity contribution in [2.24, 2.45) is 0 Å². The smallest absolute Gasteiger partial charge is 0.185 e. The van der Waals surface area contributed by atoms with Crippen LogP contribution in [0.25, 0.3) is 0 Å². The Hall–Kier alpha value is -0.970. The van der Waals surface area contributed by atoms with Crippen LogP contribution >= 0.6 is 11.6 Å². The van der Waals surface area contributed by atoms with Crippen LogP contribution in [0.3, 0.4) is 0 Å². The van der Waals surface area contributed by atoms with Crippen LogP contribution < -0.4 is 9.47 Å². The fourth-order valence-electron chi connectivity index (χ4n) is 1.57. The molecule has 0 aliphatic carbocycles. The van der Waals surface area contributed by atoms with Crippen molar-refractivity contribution in [2.45, 2.75) is 6.29 Å². The van der Waals surface area contributed by atoms with E-state index >= 15 is 0 Å². The van der Waals surface area contributed by atoms with E-state index in [-0.39, 0.29) is 0 Å². The molecule has 0 saturated carbocycles. The molecule has 0 radical (unpaired) electrons. The van der Waals surface area contributed by atoms with Crippen LogP contribution in [-0.4, -0.2) is 27.4 Å². The number of halogens is 1. The van der Waals surface area contributed by atoms with Gasteiger partial charge in [-0.25, -0.2) is 0 Å². The van der Waals surface area contributed by atoms with Crippen LogP contribution in [-0.2, 0) is 9.47 Å². The first-order valence-corrected chi connectivity index (χ1v) is 5.28.